The van der Waals surface area contributed by atoms with Crippen molar-refractivity contribution in [3.8, 4) is 0 Å². The topological polar surface area (TPSA) is 92.3 Å². The summed E-state index contributed by atoms with van der Waals surface area (Å²) in [5, 5.41) is 13.9. The van der Waals surface area contributed by atoms with Crippen LogP contribution in [0.1, 0.15) is 17.4 Å². The van der Waals surface area contributed by atoms with Gasteiger partial charge >= 0.3 is 5.97 Å². The lowest BCUT2D eigenvalue weighted by Gasteiger charge is -1.79. The van der Waals surface area contributed by atoms with E-state index in [4.69, 9.17) is 5.11 Å². The smallest absolute Gasteiger partial charge is 0.353 e. The average molecular weight is 186 g/mol. The van der Waals surface area contributed by atoms with Gasteiger partial charge < -0.3 is 9.84 Å². The molecule has 0 bridgehead atoms. The summed E-state index contributed by atoms with van der Waals surface area (Å²) in [6.07, 6.45) is 1.39. The lowest BCUT2D eigenvalue weighted by atomic mass is 10.5. The summed E-state index contributed by atoms with van der Waals surface area (Å²) in [5.74, 6) is -0.984. The lowest BCUT2D eigenvalue weighted by molar-refractivity contribution is -0.128. The number of ether oxygens (including phenoxy) is 1. The third-order valence-corrected chi connectivity index (χ3v) is 0.966. The summed E-state index contributed by atoms with van der Waals surface area (Å²) >= 11 is 0. The van der Waals surface area contributed by atoms with Crippen LogP contribution in [0.3, 0.4) is 0 Å². The number of aromatic nitrogens is 2. The molecule has 1 rings (SSSR count). The molecule has 0 fully saturated rings. The first-order valence-corrected chi connectivity index (χ1v) is 3.50. The molecule has 0 saturated carbocycles. The molecule has 1 aromatic heterocycles. The number of carboxylic acids is 1. The van der Waals surface area contributed by atoms with Gasteiger partial charge in [0, 0.05) is 6.20 Å². The maximum absolute atomic E-state index is 9.99. The summed E-state index contributed by atoms with van der Waals surface area (Å²) < 4.78 is 4.15. The SMILES string of the molecule is CCOC=O.O=C(O)c1ccn[nH]1. The van der Waals surface area contributed by atoms with Crippen LogP contribution in [0.5, 0.6) is 0 Å². The van der Waals surface area contributed by atoms with Gasteiger partial charge in [0.15, 0.2) is 0 Å². The quantitative estimate of drug-likeness (QED) is 0.661. The molecule has 6 heteroatoms. The fourth-order valence-electron chi connectivity index (χ4n) is 0.443. The van der Waals surface area contributed by atoms with Gasteiger partial charge in [-0.3, -0.25) is 9.89 Å². The van der Waals surface area contributed by atoms with Gasteiger partial charge in [0.05, 0.1) is 6.61 Å². The second-order valence-corrected chi connectivity index (χ2v) is 1.83. The van der Waals surface area contributed by atoms with Crippen LogP contribution in [0.25, 0.3) is 0 Å². The van der Waals surface area contributed by atoms with E-state index >= 15 is 0 Å². The summed E-state index contributed by atoms with van der Waals surface area (Å²) in [6.45, 7) is 2.66. The van der Waals surface area contributed by atoms with Gasteiger partial charge in [-0.25, -0.2) is 4.79 Å². The summed E-state index contributed by atoms with van der Waals surface area (Å²) in [4.78, 5) is 19.2. The maximum atomic E-state index is 9.99. The summed E-state index contributed by atoms with van der Waals surface area (Å²) in [7, 11) is 0. The molecule has 0 radical (unpaired) electrons. The van der Waals surface area contributed by atoms with E-state index in [1.165, 1.54) is 12.3 Å². The van der Waals surface area contributed by atoms with E-state index in [1.54, 1.807) is 6.92 Å². The van der Waals surface area contributed by atoms with Gasteiger partial charge in [0.1, 0.15) is 5.69 Å². The minimum Gasteiger partial charge on any atom is -0.477 e. The first-order chi connectivity index (χ1) is 6.22. The highest BCUT2D eigenvalue weighted by molar-refractivity contribution is 5.84. The first kappa shape index (κ1) is 11.2. The van der Waals surface area contributed by atoms with Crippen LogP contribution in [0.2, 0.25) is 0 Å². The molecule has 0 aliphatic heterocycles. The van der Waals surface area contributed by atoms with E-state index in [2.05, 4.69) is 14.9 Å². The number of aromatic carboxylic acids is 1. The Kier molecular flexibility index (Phi) is 5.86. The molecule has 1 aromatic rings. The van der Waals surface area contributed by atoms with Crippen molar-refractivity contribution in [2.45, 2.75) is 6.92 Å². The van der Waals surface area contributed by atoms with Crippen LogP contribution in [0, 0.1) is 0 Å². The number of carboxylic acid groups (broad SMARTS) is 1. The molecular weight excluding hydrogens is 176 g/mol. The van der Waals surface area contributed by atoms with E-state index in [9.17, 15) is 9.59 Å². The Morgan fingerprint density at radius 3 is 2.69 bits per heavy atom. The fraction of sp³-hybridized carbons (Fsp3) is 0.286. The van der Waals surface area contributed by atoms with Gasteiger partial charge in [-0.1, -0.05) is 0 Å². The van der Waals surface area contributed by atoms with E-state index in [1.807, 2.05) is 0 Å². The van der Waals surface area contributed by atoms with Crippen LogP contribution < -0.4 is 0 Å². The third-order valence-electron chi connectivity index (χ3n) is 0.966. The Balaban J connectivity index is 0.000000252. The molecule has 0 amide bonds. The van der Waals surface area contributed by atoms with Gasteiger partial charge in [-0.2, -0.15) is 5.10 Å². The molecule has 0 aliphatic carbocycles. The average Bonchev–Trinajstić information content (AvgIpc) is 2.58. The molecule has 0 unspecified atom stereocenters. The van der Waals surface area contributed by atoms with Crippen molar-refractivity contribution < 1.29 is 19.4 Å². The lowest BCUT2D eigenvalue weighted by Crippen LogP contribution is -1.95. The van der Waals surface area contributed by atoms with Crippen LogP contribution in [-0.4, -0.2) is 34.4 Å². The number of carbonyl (C=O) groups excluding carboxylic acids is 1. The number of rotatable bonds is 3. The molecule has 0 spiro atoms. The molecule has 13 heavy (non-hydrogen) atoms. The van der Waals surface area contributed by atoms with Gasteiger partial charge in [-0.15, -0.1) is 0 Å². The maximum Gasteiger partial charge on any atom is 0.353 e. The Hall–Kier alpha value is -1.85. The van der Waals surface area contributed by atoms with E-state index in [-0.39, 0.29) is 5.69 Å². The second kappa shape index (κ2) is 6.84. The minimum absolute atomic E-state index is 0.116. The van der Waals surface area contributed by atoms with Crippen molar-refractivity contribution in [3.05, 3.63) is 18.0 Å². The fourth-order valence-corrected chi connectivity index (χ4v) is 0.443. The van der Waals surface area contributed by atoms with E-state index in [0.29, 0.717) is 13.1 Å². The monoisotopic (exact) mass is 186 g/mol. The molecule has 0 atom stereocenters. The van der Waals surface area contributed by atoms with Crippen LogP contribution in [0.4, 0.5) is 0 Å². The molecule has 72 valence electrons. The molecule has 2 N–H and O–H groups in total. The molecule has 0 saturated heterocycles. The zero-order valence-corrected chi connectivity index (χ0v) is 7.06. The minimum atomic E-state index is -0.984. The van der Waals surface area contributed by atoms with Crippen molar-refractivity contribution in [2.75, 3.05) is 6.61 Å². The van der Waals surface area contributed by atoms with E-state index in [0.717, 1.165) is 0 Å². The number of aromatic amines is 1. The number of hydrogen-bond acceptors (Lipinski definition) is 4. The highest BCUT2D eigenvalue weighted by atomic mass is 16.5. The molecule has 6 nitrogen and oxygen atoms in total. The Morgan fingerprint density at radius 2 is 2.54 bits per heavy atom. The molecule has 1 heterocycles. The molecular formula is C7H10N2O4. The van der Waals surface area contributed by atoms with Crippen LogP contribution >= 0.6 is 0 Å². The predicted molar refractivity (Wildman–Crippen MR) is 43.2 cm³/mol. The Bertz CT molecular complexity index is 245. The van der Waals surface area contributed by atoms with Crippen molar-refractivity contribution in [3.63, 3.8) is 0 Å². The van der Waals surface area contributed by atoms with Crippen LogP contribution in [-0.2, 0) is 9.53 Å². The number of nitrogens with one attached hydrogen (secondary N) is 1. The number of hydrogen-bond donors (Lipinski definition) is 2. The number of nitrogens with zero attached hydrogens (tertiary/aromatic N) is 1. The Morgan fingerprint density at radius 1 is 1.85 bits per heavy atom. The highest BCUT2D eigenvalue weighted by Gasteiger charge is 1.99. The van der Waals surface area contributed by atoms with Gasteiger partial charge in [0.2, 0.25) is 0 Å². The number of carbonyl (C=O) groups is 2. The van der Waals surface area contributed by atoms with Crippen molar-refractivity contribution in [1.82, 2.24) is 10.2 Å². The largest absolute Gasteiger partial charge is 0.477 e. The number of H-pyrrole nitrogens is 1. The van der Waals surface area contributed by atoms with Crippen molar-refractivity contribution >= 4 is 12.4 Å². The Labute approximate surface area is 74.5 Å². The van der Waals surface area contributed by atoms with Gasteiger partial charge in [-0.05, 0) is 13.0 Å². The zero-order chi connectivity index (χ0) is 10.1. The van der Waals surface area contributed by atoms with E-state index < -0.39 is 5.97 Å². The predicted octanol–water partition coefficient (Wildman–Crippen LogP) is 0.287. The summed E-state index contributed by atoms with van der Waals surface area (Å²) in [5.41, 5.74) is 0.116. The normalized spacial score (nSPS) is 8.08. The van der Waals surface area contributed by atoms with Crippen LogP contribution in [0.15, 0.2) is 12.3 Å². The second-order valence-electron chi connectivity index (χ2n) is 1.83. The third kappa shape index (κ3) is 5.42. The zero-order valence-electron chi connectivity index (χ0n) is 7.06. The molecule has 0 aliphatic rings. The molecule has 0 aromatic carbocycles. The standard InChI is InChI=1S/C4H4N2O2.C3H6O2/c7-4(8)3-1-2-5-6-3;1-2-5-3-4/h1-2H,(H,5,6)(H,7,8);3H,2H2,1H3. The van der Waals surface area contributed by atoms with Gasteiger partial charge in [0.25, 0.3) is 6.47 Å². The van der Waals surface area contributed by atoms with Crippen molar-refractivity contribution in [2.24, 2.45) is 0 Å². The summed E-state index contributed by atoms with van der Waals surface area (Å²) in [6, 6.07) is 1.39. The highest BCUT2D eigenvalue weighted by Crippen LogP contribution is 1.87. The first-order valence-electron chi connectivity index (χ1n) is 3.50. The van der Waals surface area contributed by atoms with Crippen molar-refractivity contribution in [1.29, 1.82) is 0 Å².